The maximum atomic E-state index is 12.1. The smallest absolute Gasteiger partial charge is 0.264 e. The van der Waals surface area contributed by atoms with Crippen molar-refractivity contribution in [3.8, 4) is 0 Å². The zero-order valence-corrected chi connectivity index (χ0v) is 9.37. The van der Waals surface area contributed by atoms with Gasteiger partial charge >= 0.3 is 0 Å². The topological polar surface area (TPSA) is 40.5 Å². The lowest BCUT2D eigenvalue weighted by Crippen LogP contribution is -2.45. The Hall–Kier alpha value is -0.870. The first kappa shape index (κ1) is 10.6. The van der Waals surface area contributed by atoms with E-state index >= 15 is 0 Å². The van der Waals surface area contributed by atoms with Crippen LogP contribution in [-0.2, 0) is 0 Å². The monoisotopic (exact) mass is 225 g/mol. The van der Waals surface area contributed by atoms with Crippen molar-refractivity contribution in [1.82, 2.24) is 4.90 Å². The summed E-state index contributed by atoms with van der Waals surface area (Å²) in [5.41, 5.74) is 0. The molecule has 2 rings (SSSR count). The number of hydrogen-bond donors (Lipinski definition) is 1. The van der Waals surface area contributed by atoms with Crippen LogP contribution in [0, 0.1) is 0 Å². The second-order valence-corrected chi connectivity index (χ2v) is 4.73. The molecule has 0 bridgehead atoms. The van der Waals surface area contributed by atoms with Crippen molar-refractivity contribution in [1.29, 1.82) is 0 Å². The molecule has 1 heterocycles. The van der Waals surface area contributed by atoms with Crippen molar-refractivity contribution >= 4 is 17.2 Å². The average molecular weight is 225 g/mol. The first-order valence-corrected chi connectivity index (χ1v) is 6.16. The molecule has 0 unspecified atom stereocenters. The SMILES string of the molecule is O=C(c1cccs1)N(CCO)C1CCC1. The fourth-order valence-corrected chi connectivity index (χ4v) is 2.48. The Balaban J connectivity index is 2.06. The number of carbonyl (C=O) groups is 1. The zero-order chi connectivity index (χ0) is 10.7. The highest BCUT2D eigenvalue weighted by atomic mass is 32.1. The van der Waals surface area contributed by atoms with Crippen LogP contribution in [0.5, 0.6) is 0 Å². The van der Waals surface area contributed by atoms with E-state index in [9.17, 15) is 4.79 Å². The summed E-state index contributed by atoms with van der Waals surface area (Å²) in [6, 6.07) is 4.08. The van der Waals surface area contributed by atoms with E-state index in [-0.39, 0.29) is 12.5 Å². The molecule has 1 aromatic heterocycles. The number of rotatable bonds is 4. The lowest BCUT2D eigenvalue weighted by Gasteiger charge is -2.37. The predicted octanol–water partition coefficient (Wildman–Crippen LogP) is 1.74. The van der Waals surface area contributed by atoms with Gasteiger partial charge in [0.25, 0.3) is 5.91 Å². The summed E-state index contributed by atoms with van der Waals surface area (Å²) in [7, 11) is 0. The molecule has 0 aliphatic heterocycles. The molecule has 1 N–H and O–H groups in total. The maximum absolute atomic E-state index is 12.1. The van der Waals surface area contributed by atoms with Crippen LogP contribution in [0.1, 0.15) is 28.9 Å². The largest absolute Gasteiger partial charge is 0.395 e. The minimum Gasteiger partial charge on any atom is -0.395 e. The van der Waals surface area contributed by atoms with Gasteiger partial charge in [0.05, 0.1) is 11.5 Å². The van der Waals surface area contributed by atoms with Gasteiger partial charge in [-0.25, -0.2) is 0 Å². The van der Waals surface area contributed by atoms with E-state index in [0.717, 1.165) is 17.7 Å². The molecular weight excluding hydrogens is 210 g/mol. The van der Waals surface area contributed by atoms with Gasteiger partial charge < -0.3 is 10.0 Å². The minimum atomic E-state index is 0.0492. The molecule has 0 aromatic carbocycles. The zero-order valence-electron chi connectivity index (χ0n) is 8.56. The predicted molar refractivity (Wildman–Crippen MR) is 60.1 cm³/mol. The van der Waals surface area contributed by atoms with Crippen molar-refractivity contribution in [2.75, 3.05) is 13.2 Å². The quantitative estimate of drug-likeness (QED) is 0.848. The Morgan fingerprint density at radius 1 is 1.60 bits per heavy atom. The summed E-state index contributed by atoms with van der Waals surface area (Å²) < 4.78 is 0. The highest BCUT2D eigenvalue weighted by molar-refractivity contribution is 7.12. The lowest BCUT2D eigenvalue weighted by atomic mass is 9.91. The van der Waals surface area contributed by atoms with Gasteiger partial charge in [-0.15, -0.1) is 11.3 Å². The normalized spacial score (nSPS) is 16.1. The summed E-state index contributed by atoms with van der Waals surface area (Å²) in [5.74, 6) is 0.0729. The third-order valence-corrected chi connectivity index (χ3v) is 3.71. The molecular formula is C11H15NO2S. The van der Waals surface area contributed by atoms with E-state index < -0.39 is 0 Å². The van der Waals surface area contributed by atoms with Gasteiger partial charge in [-0.2, -0.15) is 0 Å². The Morgan fingerprint density at radius 2 is 2.40 bits per heavy atom. The Bertz CT molecular complexity index is 319. The first-order chi connectivity index (χ1) is 7.33. The maximum Gasteiger partial charge on any atom is 0.264 e. The van der Waals surface area contributed by atoms with Crippen LogP contribution in [0.15, 0.2) is 17.5 Å². The molecule has 1 fully saturated rings. The minimum absolute atomic E-state index is 0.0492. The Morgan fingerprint density at radius 3 is 2.87 bits per heavy atom. The van der Waals surface area contributed by atoms with Gasteiger partial charge in [0.2, 0.25) is 0 Å². The van der Waals surface area contributed by atoms with Gasteiger partial charge in [-0.3, -0.25) is 4.79 Å². The molecule has 1 aliphatic rings. The van der Waals surface area contributed by atoms with Crippen molar-refractivity contribution < 1.29 is 9.90 Å². The van der Waals surface area contributed by atoms with E-state index in [1.807, 2.05) is 22.4 Å². The third-order valence-electron chi connectivity index (χ3n) is 2.85. The molecule has 0 atom stereocenters. The molecule has 15 heavy (non-hydrogen) atoms. The molecule has 1 aliphatic carbocycles. The van der Waals surface area contributed by atoms with Gasteiger partial charge in [0.15, 0.2) is 0 Å². The number of carbonyl (C=O) groups excluding carboxylic acids is 1. The van der Waals surface area contributed by atoms with Crippen molar-refractivity contribution in [3.63, 3.8) is 0 Å². The summed E-state index contributed by atoms with van der Waals surface area (Å²) >= 11 is 1.46. The second-order valence-electron chi connectivity index (χ2n) is 3.78. The number of aliphatic hydroxyl groups is 1. The molecule has 1 aromatic rings. The second kappa shape index (κ2) is 4.77. The molecule has 3 nitrogen and oxygen atoms in total. The van der Waals surface area contributed by atoms with Crippen LogP contribution >= 0.6 is 11.3 Å². The molecule has 0 saturated heterocycles. The standard InChI is InChI=1S/C11H15NO2S/c13-7-6-12(9-3-1-4-9)11(14)10-5-2-8-15-10/h2,5,8-9,13H,1,3-4,6-7H2. The molecule has 0 spiro atoms. The summed E-state index contributed by atoms with van der Waals surface area (Å²) in [4.78, 5) is 14.6. The van der Waals surface area contributed by atoms with E-state index in [2.05, 4.69) is 0 Å². The van der Waals surface area contributed by atoms with Crippen LogP contribution in [0.2, 0.25) is 0 Å². The Kier molecular flexibility index (Phi) is 3.38. The molecule has 1 saturated carbocycles. The van der Waals surface area contributed by atoms with Crippen LogP contribution in [0.3, 0.4) is 0 Å². The molecule has 0 radical (unpaired) electrons. The number of hydrogen-bond acceptors (Lipinski definition) is 3. The summed E-state index contributed by atoms with van der Waals surface area (Å²) in [5, 5.41) is 10.9. The third kappa shape index (κ3) is 2.21. The number of nitrogens with zero attached hydrogens (tertiary/aromatic N) is 1. The average Bonchev–Trinajstić information content (AvgIpc) is 2.66. The van der Waals surface area contributed by atoms with Crippen molar-refractivity contribution in [2.45, 2.75) is 25.3 Å². The summed E-state index contributed by atoms with van der Waals surface area (Å²) in [6.07, 6.45) is 3.36. The lowest BCUT2D eigenvalue weighted by molar-refractivity contribution is 0.0530. The van der Waals surface area contributed by atoms with Crippen LogP contribution < -0.4 is 0 Å². The molecule has 4 heteroatoms. The van der Waals surface area contributed by atoms with E-state index in [4.69, 9.17) is 5.11 Å². The number of amides is 1. The Labute approximate surface area is 93.3 Å². The van der Waals surface area contributed by atoms with Gasteiger partial charge in [-0.05, 0) is 30.7 Å². The van der Waals surface area contributed by atoms with E-state index in [1.54, 1.807) is 0 Å². The fourth-order valence-electron chi connectivity index (χ4n) is 1.80. The molecule has 82 valence electrons. The van der Waals surface area contributed by atoms with Crippen LogP contribution in [-0.4, -0.2) is 35.1 Å². The van der Waals surface area contributed by atoms with E-state index in [0.29, 0.717) is 12.6 Å². The number of thiophene rings is 1. The van der Waals surface area contributed by atoms with Gasteiger partial charge in [0.1, 0.15) is 0 Å². The van der Waals surface area contributed by atoms with Crippen LogP contribution in [0.4, 0.5) is 0 Å². The first-order valence-electron chi connectivity index (χ1n) is 5.28. The van der Waals surface area contributed by atoms with Gasteiger partial charge in [0, 0.05) is 12.6 Å². The highest BCUT2D eigenvalue weighted by Gasteiger charge is 2.29. The number of aliphatic hydroxyl groups excluding tert-OH is 1. The van der Waals surface area contributed by atoms with E-state index in [1.165, 1.54) is 17.8 Å². The van der Waals surface area contributed by atoms with Gasteiger partial charge in [-0.1, -0.05) is 6.07 Å². The van der Waals surface area contributed by atoms with Crippen molar-refractivity contribution in [2.24, 2.45) is 0 Å². The van der Waals surface area contributed by atoms with Crippen molar-refractivity contribution in [3.05, 3.63) is 22.4 Å². The fraction of sp³-hybridized carbons (Fsp3) is 0.545. The highest BCUT2D eigenvalue weighted by Crippen LogP contribution is 2.26. The van der Waals surface area contributed by atoms with Crippen LogP contribution in [0.25, 0.3) is 0 Å². The summed E-state index contributed by atoms with van der Waals surface area (Å²) in [6.45, 7) is 0.509. The molecule has 1 amide bonds.